The number of ether oxygens (including phenoxy) is 1. The third kappa shape index (κ3) is 4.04. The van der Waals surface area contributed by atoms with Gasteiger partial charge in [0.15, 0.2) is 12.4 Å². The number of aromatic nitrogens is 1. The van der Waals surface area contributed by atoms with Crippen molar-refractivity contribution in [2.75, 3.05) is 16.8 Å². The number of aryl methyl sites for hydroxylation is 2. The number of imide groups is 1. The van der Waals surface area contributed by atoms with E-state index in [0.29, 0.717) is 11.4 Å². The molecule has 0 bridgehead atoms. The normalized spacial score (nSPS) is 12.7. The van der Waals surface area contributed by atoms with Gasteiger partial charge in [-0.05, 0) is 55.8 Å². The number of esters is 1. The number of carbonyl (C=O) groups is 4. The Morgan fingerprint density at radius 3 is 2.50 bits per heavy atom. The first-order chi connectivity index (χ1) is 15.2. The number of benzene rings is 2. The first-order valence-corrected chi connectivity index (χ1v) is 10.2. The van der Waals surface area contributed by atoms with Crippen LogP contribution in [0.25, 0.3) is 0 Å². The maximum Gasteiger partial charge on any atom is 0.338 e. The highest BCUT2D eigenvalue weighted by atomic mass is 79.9. The number of hydrogen-bond acceptors (Lipinski definition) is 7. The van der Waals surface area contributed by atoms with Crippen LogP contribution in [0.3, 0.4) is 0 Å². The highest BCUT2D eigenvalue weighted by Gasteiger charge is 2.38. The number of nitrogens with one attached hydrogen (secondary N) is 1. The van der Waals surface area contributed by atoms with Gasteiger partial charge >= 0.3 is 5.97 Å². The average molecular weight is 498 g/mol. The minimum atomic E-state index is -0.800. The number of halogens is 1. The summed E-state index contributed by atoms with van der Waals surface area (Å²) in [5.74, 6) is -2.00. The summed E-state index contributed by atoms with van der Waals surface area (Å²) in [6, 6.07) is 10.8. The molecule has 0 aliphatic carbocycles. The topological polar surface area (TPSA) is 119 Å². The lowest BCUT2D eigenvalue weighted by atomic mass is 10.1. The molecule has 0 spiro atoms. The fourth-order valence-corrected chi connectivity index (χ4v) is 3.68. The number of hydrogen-bond donors (Lipinski definition) is 1. The van der Waals surface area contributed by atoms with Crippen LogP contribution in [-0.2, 0) is 9.53 Å². The zero-order chi connectivity index (χ0) is 23.0. The van der Waals surface area contributed by atoms with Crippen LogP contribution in [0.4, 0.5) is 11.5 Å². The molecule has 0 atom stereocenters. The van der Waals surface area contributed by atoms with E-state index in [1.165, 1.54) is 24.3 Å². The van der Waals surface area contributed by atoms with Crippen molar-refractivity contribution in [3.8, 4) is 0 Å². The largest absolute Gasteiger partial charge is 0.452 e. The molecule has 0 radical (unpaired) electrons. The van der Waals surface area contributed by atoms with Gasteiger partial charge in [0.25, 0.3) is 17.7 Å². The van der Waals surface area contributed by atoms with Crippen molar-refractivity contribution in [3.05, 3.63) is 75.0 Å². The van der Waals surface area contributed by atoms with Crippen molar-refractivity contribution >= 4 is 51.1 Å². The van der Waals surface area contributed by atoms with E-state index < -0.39 is 30.3 Å². The van der Waals surface area contributed by atoms with Crippen LogP contribution < -0.4 is 10.2 Å². The fourth-order valence-electron chi connectivity index (χ4n) is 3.20. The van der Waals surface area contributed by atoms with Crippen molar-refractivity contribution in [2.24, 2.45) is 0 Å². The molecule has 1 aromatic heterocycles. The van der Waals surface area contributed by atoms with Gasteiger partial charge in [-0.15, -0.1) is 0 Å². The van der Waals surface area contributed by atoms with Crippen LogP contribution in [0, 0.1) is 13.8 Å². The highest BCUT2D eigenvalue weighted by molar-refractivity contribution is 9.10. The summed E-state index contributed by atoms with van der Waals surface area (Å²) in [6.45, 7) is 2.96. The molecule has 0 fully saturated rings. The van der Waals surface area contributed by atoms with Gasteiger partial charge in [0.05, 0.1) is 16.7 Å². The molecule has 9 nitrogen and oxygen atoms in total. The van der Waals surface area contributed by atoms with E-state index in [4.69, 9.17) is 9.26 Å². The Morgan fingerprint density at radius 1 is 1.06 bits per heavy atom. The van der Waals surface area contributed by atoms with Gasteiger partial charge in [0.2, 0.25) is 0 Å². The van der Waals surface area contributed by atoms with Crippen molar-refractivity contribution in [2.45, 2.75) is 13.8 Å². The SMILES string of the molecule is Cc1cc(N2C(=O)c3ccc(C(=O)OCC(=O)Nc4ccc(Br)cc4C)cc3C2=O)no1. The number of rotatable bonds is 5. The summed E-state index contributed by atoms with van der Waals surface area (Å²) in [5.41, 5.74) is 1.65. The van der Waals surface area contributed by atoms with Gasteiger partial charge in [0.1, 0.15) is 5.76 Å². The fraction of sp³-hybridized carbons (Fsp3) is 0.136. The van der Waals surface area contributed by atoms with E-state index >= 15 is 0 Å². The van der Waals surface area contributed by atoms with Gasteiger partial charge in [-0.1, -0.05) is 21.1 Å². The van der Waals surface area contributed by atoms with Gasteiger partial charge < -0.3 is 14.6 Å². The molecule has 1 aliphatic rings. The quantitative estimate of drug-likeness (QED) is 0.421. The zero-order valence-corrected chi connectivity index (χ0v) is 18.6. The number of amides is 3. The minimum Gasteiger partial charge on any atom is -0.452 e. The van der Waals surface area contributed by atoms with Crippen LogP contribution in [0.1, 0.15) is 42.4 Å². The molecule has 162 valence electrons. The van der Waals surface area contributed by atoms with E-state index in [1.807, 2.05) is 13.0 Å². The molecule has 3 aromatic rings. The lowest BCUT2D eigenvalue weighted by Crippen LogP contribution is -2.29. The van der Waals surface area contributed by atoms with Gasteiger partial charge in [0, 0.05) is 16.2 Å². The average Bonchev–Trinajstić information content (AvgIpc) is 3.28. The second-order valence-corrected chi connectivity index (χ2v) is 8.00. The molecular formula is C22H16BrN3O6. The Kier molecular flexibility index (Phi) is 5.62. The Bertz CT molecular complexity index is 1280. The first kappa shape index (κ1) is 21.4. The molecule has 3 amide bonds. The maximum atomic E-state index is 12.7. The Hall–Kier alpha value is -3.79. The molecule has 2 heterocycles. The second-order valence-electron chi connectivity index (χ2n) is 7.09. The van der Waals surface area contributed by atoms with Crippen LogP contribution in [0.2, 0.25) is 0 Å². The molecular weight excluding hydrogens is 482 g/mol. The number of fused-ring (bicyclic) bond motifs is 1. The summed E-state index contributed by atoms with van der Waals surface area (Å²) in [4.78, 5) is 50.7. The second kappa shape index (κ2) is 8.39. The van der Waals surface area contributed by atoms with Crippen molar-refractivity contribution in [1.29, 1.82) is 0 Å². The summed E-state index contributed by atoms with van der Waals surface area (Å²) in [5, 5.41) is 6.37. The Morgan fingerprint density at radius 2 is 1.81 bits per heavy atom. The van der Waals surface area contributed by atoms with E-state index in [2.05, 4.69) is 26.4 Å². The highest BCUT2D eigenvalue weighted by Crippen LogP contribution is 2.29. The third-order valence-electron chi connectivity index (χ3n) is 4.76. The molecule has 32 heavy (non-hydrogen) atoms. The number of anilines is 2. The van der Waals surface area contributed by atoms with Crippen molar-refractivity contribution in [3.63, 3.8) is 0 Å². The standard InChI is InChI=1S/C22H16BrN3O6/c1-11-7-14(23)4-6-17(11)24-19(27)10-31-22(30)13-3-5-15-16(9-13)21(29)26(20(15)28)18-8-12(2)32-25-18/h3-9H,10H2,1-2H3,(H,24,27). The minimum absolute atomic E-state index is 0.0377. The lowest BCUT2D eigenvalue weighted by Gasteiger charge is -2.09. The molecule has 0 unspecified atom stereocenters. The molecule has 4 rings (SSSR count). The van der Waals surface area contributed by atoms with Crippen LogP contribution in [0.5, 0.6) is 0 Å². The number of carbonyl (C=O) groups excluding carboxylic acids is 4. The predicted octanol–water partition coefficient (Wildman–Crippen LogP) is 3.65. The molecule has 2 aromatic carbocycles. The Balaban J connectivity index is 1.44. The van der Waals surface area contributed by atoms with Crippen molar-refractivity contribution in [1.82, 2.24) is 5.16 Å². The van der Waals surface area contributed by atoms with E-state index in [9.17, 15) is 19.2 Å². The van der Waals surface area contributed by atoms with Gasteiger partial charge in [-0.3, -0.25) is 14.4 Å². The van der Waals surface area contributed by atoms with E-state index in [-0.39, 0.29) is 22.5 Å². The van der Waals surface area contributed by atoms with E-state index in [1.54, 1.807) is 19.1 Å². The van der Waals surface area contributed by atoms with Gasteiger partial charge in [-0.2, -0.15) is 0 Å². The molecule has 10 heteroatoms. The van der Waals surface area contributed by atoms with Crippen molar-refractivity contribution < 1.29 is 28.4 Å². The smallest absolute Gasteiger partial charge is 0.338 e. The van der Waals surface area contributed by atoms with E-state index in [0.717, 1.165) is 14.9 Å². The summed E-state index contributed by atoms with van der Waals surface area (Å²) in [7, 11) is 0. The lowest BCUT2D eigenvalue weighted by molar-refractivity contribution is -0.119. The maximum absolute atomic E-state index is 12.7. The predicted molar refractivity (Wildman–Crippen MR) is 117 cm³/mol. The molecule has 0 saturated carbocycles. The zero-order valence-electron chi connectivity index (χ0n) is 17.0. The molecule has 0 saturated heterocycles. The van der Waals surface area contributed by atoms with Crippen LogP contribution in [0.15, 0.2) is 51.5 Å². The summed E-state index contributed by atoms with van der Waals surface area (Å²) < 4.78 is 10.9. The monoisotopic (exact) mass is 497 g/mol. The number of nitrogens with zero attached hydrogens (tertiary/aromatic N) is 2. The third-order valence-corrected chi connectivity index (χ3v) is 5.26. The Labute approximate surface area is 190 Å². The van der Waals surface area contributed by atoms with Crippen LogP contribution in [-0.4, -0.2) is 35.5 Å². The summed E-state index contributed by atoms with van der Waals surface area (Å²) >= 11 is 3.35. The molecule has 1 N–H and O–H groups in total. The summed E-state index contributed by atoms with van der Waals surface area (Å²) in [6.07, 6.45) is 0. The van der Waals surface area contributed by atoms with Gasteiger partial charge in [-0.25, -0.2) is 9.69 Å². The van der Waals surface area contributed by atoms with Crippen LogP contribution >= 0.6 is 15.9 Å². The molecule has 1 aliphatic heterocycles. The first-order valence-electron chi connectivity index (χ1n) is 9.44.